The first-order valence-electron chi connectivity index (χ1n) is 8.34. The lowest BCUT2D eigenvalue weighted by molar-refractivity contribution is 0.0995. The molecule has 1 amide bonds. The standard InChI is InChI=1S/C20H20N4O2/c21-19(26)17-13-16(14-7-3-1-4-8-14)23-20(24-17)22-12-11-18(25)15-9-5-2-6-10-15/h1-10,13,18,25H,11-12H2,(H2,21,26)(H,22,23,24). The zero-order valence-corrected chi connectivity index (χ0v) is 14.2. The van der Waals surface area contributed by atoms with Crippen LogP contribution in [0.25, 0.3) is 11.3 Å². The van der Waals surface area contributed by atoms with Gasteiger partial charge < -0.3 is 16.2 Å². The second kappa shape index (κ2) is 8.22. The summed E-state index contributed by atoms with van der Waals surface area (Å²) in [6, 6.07) is 20.5. The maximum Gasteiger partial charge on any atom is 0.267 e. The van der Waals surface area contributed by atoms with E-state index >= 15 is 0 Å². The summed E-state index contributed by atoms with van der Waals surface area (Å²) in [6.45, 7) is 0.451. The van der Waals surface area contributed by atoms with Gasteiger partial charge in [-0.1, -0.05) is 60.7 Å². The van der Waals surface area contributed by atoms with Gasteiger partial charge in [-0.2, -0.15) is 0 Å². The molecule has 4 N–H and O–H groups in total. The zero-order chi connectivity index (χ0) is 18.4. The summed E-state index contributed by atoms with van der Waals surface area (Å²) in [5.74, 6) is -0.308. The maximum atomic E-state index is 11.6. The van der Waals surface area contributed by atoms with Gasteiger partial charge in [-0.15, -0.1) is 0 Å². The highest BCUT2D eigenvalue weighted by Gasteiger charge is 2.11. The van der Waals surface area contributed by atoms with Gasteiger partial charge in [0.2, 0.25) is 5.95 Å². The van der Waals surface area contributed by atoms with Crippen LogP contribution in [-0.2, 0) is 0 Å². The summed E-state index contributed by atoms with van der Waals surface area (Å²) in [7, 11) is 0. The normalized spacial score (nSPS) is 11.7. The highest BCUT2D eigenvalue weighted by atomic mass is 16.3. The first-order valence-corrected chi connectivity index (χ1v) is 8.34. The number of carbonyl (C=O) groups excluding carboxylic acids is 1. The Bertz CT molecular complexity index is 869. The summed E-state index contributed by atoms with van der Waals surface area (Å²) in [5, 5.41) is 13.3. The van der Waals surface area contributed by atoms with Crippen molar-refractivity contribution in [2.24, 2.45) is 5.73 Å². The fourth-order valence-corrected chi connectivity index (χ4v) is 2.57. The Morgan fingerprint density at radius 3 is 2.35 bits per heavy atom. The van der Waals surface area contributed by atoms with Crippen molar-refractivity contribution in [3.63, 3.8) is 0 Å². The molecule has 3 aromatic rings. The third-order valence-corrected chi connectivity index (χ3v) is 3.93. The minimum atomic E-state index is -0.614. The van der Waals surface area contributed by atoms with Crippen LogP contribution in [0, 0.1) is 0 Å². The SMILES string of the molecule is NC(=O)c1cc(-c2ccccc2)nc(NCCC(O)c2ccccc2)n1. The first kappa shape index (κ1) is 17.6. The third kappa shape index (κ3) is 4.43. The van der Waals surface area contributed by atoms with Gasteiger partial charge in [-0.25, -0.2) is 9.97 Å². The second-order valence-electron chi connectivity index (χ2n) is 5.83. The number of aliphatic hydroxyl groups is 1. The topological polar surface area (TPSA) is 101 Å². The molecule has 2 aromatic carbocycles. The highest BCUT2D eigenvalue weighted by molar-refractivity contribution is 5.92. The quantitative estimate of drug-likeness (QED) is 0.609. The predicted molar refractivity (Wildman–Crippen MR) is 100 cm³/mol. The fourth-order valence-electron chi connectivity index (χ4n) is 2.57. The molecule has 0 saturated carbocycles. The van der Waals surface area contributed by atoms with Crippen molar-refractivity contribution >= 4 is 11.9 Å². The van der Waals surface area contributed by atoms with Gasteiger partial charge in [0, 0.05) is 12.1 Å². The van der Waals surface area contributed by atoms with Crippen LogP contribution in [0.15, 0.2) is 66.7 Å². The van der Waals surface area contributed by atoms with E-state index in [2.05, 4.69) is 15.3 Å². The number of aliphatic hydroxyl groups excluding tert-OH is 1. The number of anilines is 1. The van der Waals surface area contributed by atoms with Crippen LogP contribution in [-0.4, -0.2) is 27.5 Å². The Kier molecular flexibility index (Phi) is 5.56. The van der Waals surface area contributed by atoms with Crippen LogP contribution in [0.1, 0.15) is 28.6 Å². The molecule has 6 heteroatoms. The Morgan fingerprint density at radius 1 is 1.04 bits per heavy atom. The largest absolute Gasteiger partial charge is 0.388 e. The van der Waals surface area contributed by atoms with E-state index in [0.29, 0.717) is 24.6 Å². The molecule has 6 nitrogen and oxygen atoms in total. The predicted octanol–water partition coefficient (Wildman–Crippen LogP) is 2.78. The summed E-state index contributed by atoms with van der Waals surface area (Å²) in [5.41, 5.74) is 7.86. The number of benzene rings is 2. The van der Waals surface area contributed by atoms with Crippen LogP contribution < -0.4 is 11.1 Å². The lowest BCUT2D eigenvalue weighted by atomic mass is 10.1. The number of amides is 1. The van der Waals surface area contributed by atoms with Crippen LogP contribution >= 0.6 is 0 Å². The van der Waals surface area contributed by atoms with Crippen molar-refractivity contribution < 1.29 is 9.90 Å². The molecule has 3 rings (SSSR count). The van der Waals surface area contributed by atoms with Gasteiger partial charge in [0.25, 0.3) is 5.91 Å². The molecule has 1 atom stereocenters. The summed E-state index contributed by atoms with van der Waals surface area (Å²) >= 11 is 0. The van der Waals surface area contributed by atoms with Gasteiger partial charge in [-0.3, -0.25) is 4.79 Å². The van der Waals surface area contributed by atoms with E-state index < -0.39 is 12.0 Å². The minimum Gasteiger partial charge on any atom is -0.388 e. The number of rotatable bonds is 7. The van der Waals surface area contributed by atoms with Gasteiger partial charge in [0.15, 0.2) is 0 Å². The van der Waals surface area contributed by atoms with Crippen molar-refractivity contribution in [3.05, 3.63) is 78.0 Å². The van der Waals surface area contributed by atoms with Gasteiger partial charge in [0.1, 0.15) is 5.69 Å². The van der Waals surface area contributed by atoms with Gasteiger partial charge in [0.05, 0.1) is 11.8 Å². The van der Waals surface area contributed by atoms with E-state index in [1.165, 1.54) is 0 Å². The van der Waals surface area contributed by atoms with Crippen molar-refractivity contribution in [1.82, 2.24) is 9.97 Å². The van der Waals surface area contributed by atoms with Crippen molar-refractivity contribution in [1.29, 1.82) is 0 Å². The Balaban J connectivity index is 1.73. The maximum absolute atomic E-state index is 11.6. The molecule has 0 aliphatic rings. The molecule has 26 heavy (non-hydrogen) atoms. The Labute approximate surface area is 151 Å². The molecular formula is C20H20N4O2. The Morgan fingerprint density at radius 2 is 1.69 bits per heavy atom. The number of carbonyl (C=O) groups is 1. The summed E-state index contributed by atoms with van der Waals surface area (Å²) in [4.78, 5) is 20.2. The monoisotopic (exact) mass is 348 g/mol. The van der Waals surface area contributed by atoms with Crippen molar-refractivity contribution in [3.8, 4) is 11.3 Å². The smallest absolute Gasteiger partial charge is 0.267 e. The average Bonchev–Trinajstić information content (AvgIpc) is 2.69. The molecule has 0 spiro atoms. The molecule has 0 bridgehead atoms. The summed E-state index contributed by atoms with van der Waals surface area (Å²) < 4.78 is 0. The summed E-state index contributed by atoms with van der Waals surface area (Å²) in [6.07, 6.45) is -0.105. The average molecular weight is 348 g/mol. The van der Waals surface area contributed by atoms with E-state index in [1.54, 1.807) is 6.07 Å². The number of nitrogens with one attached hydrogen (secondary N) is 1. The van der Waals surface area contributed by atoms with E-state index in [4.69, 9.17) is 5.73 Å². The van der Waals surface area contributed by atoms with Gasteiger partial charge >= 0.3 is 0 Å². The van der Waals surface area contributed by atoms with Crippen molar-refractivity contribution in [2.75, 3.05) is 11.9 Å². The van der Waals surface area contributed by atoms with Crippen molar-refractivity contribution in [2.45, 2.75) is 12.5 Å². The van der Waals surface area contributed by atoms with E-state index in [1.807, 2.05) is 60.7 Å². The first-order chi connectivity index (χ1) is 12.6. The minimum absolute atomic E-state index is 0.143. The highest BCUT2D eigenvalue weighted by Crippen LogP contribution is 2.20. The molecule has 1 aromatic heterocycles. The molecule has 0 saturated heterocycles. The number of aromatic nitrogens is 2. The number of primary amides is 1. The number of hydrogen-bond acceptors (Lipinski definition) is 5. The lowest BCUT2D eigenvalue weighted by Crippen LogP contribution is -2.16. The van der Waals surface area contributed by atoms with Crippen LogP contribution in [0.3, 0.4) is 0 Å². The zero-order valence-electron chi connectivity index (χ0n) is 14.2. The van der Waals surface area contributed by atoms with E-state index in [9.17, 15) is 9.90 Å². The molecule has 0 aliphatic heterocycles. The van der Waals surface area contributed by atoms with Gasteiger partial charge in [-0.05, 0) is 18.1 Å². The second-order valence-corrected chi connectivity index (χ2v) is 5.83. The van der Waals surface area contributed by atoms with E-state index in [0.717, 1.165) is 11.1 Å². The lowest BCUT2D eigenvalue weighted by Gasteiger charge is -2.12. The number of nitrogens with zero attached hydrogens (tertiary/aromatic N) is 2. The van der Waals surface area contributed by atoms with Crippen LogP contribution in [0.5, 0.6) is 0 Å². The van der Waals surface area contributed by atoms with Crippen LogP contribution in [0.2, 0.25) is 0 Å². The molecular weight excluding hydrogens is 328 g/mol. The Hall–Kier alpha value is -3.25. The molecule has 1 unspecified atom stereocenters. The fraction of sp³-hybridized carbons (Fsp3) is 0.150. The van der Waals surface area contributed by atoms with E-state index in [-0.39, 0.29) is 5.69 Å². The molecule has 132 valence electrons. The number of nitrogens with two attached hydrogens (primary N) is 1. The molecule has 0 fully saturated rings. The molecule has 0 aliphatic carbocycles. The molecule has 0 radical (unpaired) electrons. The molecule has 1 heterocycles. The number of hydrogen-bond donors (Lipinski definition) is 3. The third-order valence-electron chi connectivity index (χ3n) is 3.93. The van der Waals surface area contributed by atoms with Crippen LogP contribution in [0.4, 0.5) is 5.95 Å².